The molecule has 21 heavy (non-hydrogen) atoms. The maximum atomic E-state index is 12.3. The average molecular weight is 318 g/mol. The number of halogens is 4. The molecule has 0 bridgehead atoms. The van der Waals surface area contributed by atoms with Gasteiger partial charge in [0.05, 0.1) is 13.7 Å². The Balaban J connectivity index is 2.24. The molecule has 0 unspecified atom stereocenters. The van der Waals surface area contributed by atoms with Crippen molar-refractivity contribution in [3.63, 3.8) is 0 Å². The number of hydrogen-bond donors (Lipinski definition) is 0. The van der Waals surface area contributed by atoms with E-state index in [4.69, 9.17) is 16.3 Å². The molecule has 1 heterocycles. The molecule has 1 aromatic carbocycles. The molecule has 0 spiro atoms. The predicted molar refractivity (Wildman–Crippen MR) is 71.9 cm³/mol. The summed E-state index contributed by atoms with van der Waals surface area (Å²) < 4.78 is 43.7. The number of benzene rings is 1. The molecule has 7 heteroatoms. The molecule has 0 aliphatic carbocycles. The van der Waals surface area contributed by atoms with E-state index in [0.29, 0.717) is 16.3 Å². The maximum Gasteiger partial charge on any atom is 0.454 e. The number of alkyl halides is 3. The van der Waals surface area contributed by atoms with Crippen LogP contribution in [0.3, 0.4) is 0 Å². The van der Waals surface area contributed by atoms with Crippen LogP contribution in [-0.2, 0) is 6.54 Å². The van der Waals surface area contributed by atoms with Crippen LogP contribution in [0.25, 0.3) is 0 Å². The van der Waals surface area contributed by atoms with Gasteiger partial charge in [-0.2, -0.15) is 13.2 Å². The Morgan fingerprint density at radius 2 is 2.05 bits per heavy atom. The van der Waals surface area contributed by atoms with E-state index in [2.05, 4.69) is 0 Å². The van der Waals surface area contributed by atoms with Gasteiger partial charge in [0.1, 0.15) is 5.75 Å². The molecule has 112 valence electrons. The Kier molecular flexibility index (Phi) is 4.27. The van der Waals surface area contributed by atoms with Crippen molar-refractivity contribution in [2.45, 2.75) is 12.7 Å². The second kappa shape index (κ2) is 5.81. The molecule has 1 aromatic heterocycles. The third kappa shape index (κ3) is 3.58. The van der Waals surface area contributed by atoms with Crippen molar-refractivity contribution in [3.05, 3.63) is 52.8 Å². The minimum Gasteiger partial charge on any atom is -0.496 e. The Hall–Kier alpha value is -1.95. The first kappa shape index (κ1) is 15.4. The summed E-state index contributed by atoms with van der Waals surface area (Å²) in [6.45, 7) is 0.245. The molecule has 0 saturated heterocycles. The van der Waals surface area contributed by atoms with Crippen molar-refractivity contribution in [1.29, 1.82) is 0 Å². The quantitative estimate of drug-likeness (QED) is 0.800. The van der Waals surface area contributed by atoms with Gasteiger partial charge in [0.15, 0.2) is 0 Å². The standard InChI is InChI=1S/C14H11ClF3NO2/c1-21-12-3-2-11(15)6-10(12)8-19-5-4-9(7-19)13(20)14(16,17)18/h2-7H,8H2,1H3. The van der Waals surface area contributed by atoms with E-state index in [1.54, 1.807) is 18.2 Å². The predicted octanol–water partition coefficient (Wildman–Crippen LogP) is 3.94. The first-order valence-electron chi connectivity index (χ1n) is 5.91. The summed E-state index contributed by atoms with van der Waals surface area (Å²) in [6.07, 6.45) is -2.32. The number of nitrogens with zero attached hydrogens (tertiary/aromatic N) is 1. The average Bonchev–Trinajstić information content (AvgIpc) is 2.85. The Morgan fingerprint density at radius 1 is 1.33 bits per heavy atom. The number of rotatable bonds is 4. The molecular weight excluding hydrogens is 307 g/mol. The van der Waals surface area contributed by atoms with Gasteiger partial charge < -0.3 is 9.30 Å². The van der Waals surface area contributed by atoms with Crippen LogP contribution in [-0.4, -0.2) is 23.6 Å². The summed E-state index contributed by atoms with van der Waals surface area (Å²) in [6, 6.07) is 6.11. The van der Waals surface area contributed by atoms with Crippen LogP contribution >= 0.6 is 11.6 Å². The van der Waals surface area contributed by atoms with Crippen molar-refractivity contribution >= 4 is 17.4 Å². The highest BCUT2D eigenvalue weighted by Gasteiger charge is 2.39. The lowest BCUT2D eigenvalue weighted by molar-refractivity contribution is -0.0885. The maximum absolute atomic E-state index is 12.3. The first-order valence-corrected chi connectivity index (χ1v) is 6.29. The van der Waals surface area contributed by atoms with Crippen LogP contribution in [0.5, 0.6) is 5.75 Å². The third-order valence-corrected chi connectivity index (χ3v) is 3.10. The van der Waals surface area contributed by atoms with Crippen LogP contribution in [0, 0.1) is 0 Å². The van der Waals surface area contributed by atoms with Gasteiger partial charge in [-0.3, -0.25) is 4.79 Å². The van der Waals surface area contributed by atoms with E-state index in [9.17, 15) is 18.0 Å². The highest BCUT2D eigenvalue weighted by atomic mass is 35.5. The molecule has 0 aliphatic rings. The third-order valence-electron chi connectivity index (χ3n) is 2.87. The molecule has 0 saturated carbocycles. The van der Waals surface area contributed by atoms with Gasteiger partial charge in [0.2, 0.25) is 0 Å². The second-order valence-corrected chi connectivity index (χ2v) is 4.79. The molecule has 0 radical (unpaired) electrons. The summed E-state index contributed by atoms with van der Waals surface area (Å²) >= 11 is 5.89. The number of hydrogen-bond acceptors (Lipinski definition) is 2. The van der Waals surface area contributed by atoms with Gasteiger partial charge in [-0.1, -0.05) is 11.6 Å². The summed E-state index contributed by atoms with van der Waals surface area (Å²) in [5.41, 5.74) is 0.301. The van der Waals surface area contributed by atoms with Crippen LogP contribution in [0.2, 0.25) is 5.02 Å². The highest BCUT2D eigenvalue weighted by Crippen LogP contribution is 2.25. The molecule has 0 aliphatic heterocycles. The van der Waals surface area contributed by atoms with E-state index in [0.717, 1.165) is 12.3 Å². The summed E-state index contributed by atoms with van der Waals surface area (Å²) in [5.74, 6) is -1.30. The number of Topliss-reactive ketones (excluding diaryl/α,β-unsaturated/α-hetero) is 1. The van der Waals surface area contributed by atoms with Gasteiger partial charge in [-0.15, -0.1) is 0 Å². The number of aromatic nitrogens is 1. The molecule has 0 atom stereocenters. The molecule has 0 N–H and O–H groups in total. The van der Waals surface area contributed by atoms with Gasteiger partial charge >= 0.3 is 6.18 Å². The van der Waals surface area contributed by atoms with Crippen molar-refractivity contribution in [3.8, 4) is 5.75 Å². The molecule has 0 amide bonds. The first-order chi connectivity index (χ1) is 9.81. The molecule has 3 nitrogen and oxygen atoms in total. The second-order valence-electron chi connectivity index (χ2n) is 4.36. The van der Waals surface area contributed by atoms with E-state index < -0.39 is 17.5 Å². The summed E-state index contributed by atoms with van der Waals surface area (Å²) in [7, 11) is 1.49. The van der Waals surface area contributed by atoms with E-state index in [1.807, 2.05) is 0 Å². The minimum absolute atomic E-state index is 0.245. The summed E-state index contributed by atoms with van der Waals surface area (Å²) in [4.78, 5) is 11.1. The van der Waals surface area contributed by atoms with Gasteiger partial charge in [-0.25, -0.2) is 0 Å². The SMILES string of the molecule is COc1ccc(Cl)cc1Cn1ccc(C(=O)C(F)(F)F)c1. The largest absolute Gasteiger partial charge is 0.496 e. The Bertz CT molecular complexity index is 664. The topological polar surface area (TPSA) is 31.2 Å². The van der Waals surface area contributed by atoms with Crippen LogP contribution in [0.1, 0.15) is 15.9 Å². The van der Waals surface area contributed by atoms with E-state index in [-0.39, 0.29) is 6.54 Å². The van der Waals surface area contributed by atoms with Gasteiger partial charge in [0.25, 0.3) is 5.78 Å². The molecule has 2 aromatic rings. The van der Waals surface area contributed by atoms with Crippen LogP contribution < -0.4 is 4.74 Å². The monoisotopic (exact) mass is 317 g/mol. The van der Waals surface area contributed by atoms with Crippen LogP contribution in [0.15, 0.2) is 36.7 Å². The Labute approximate surface area is 123 Å². The normalized spacial score (nSPS) is 11.5. The van der Waals surface area contributed by atoms with E-state index in [1.165, 1.54) is 17.9 Å². The lowest BCUT2D eigenvalue weighted by atomic mass is 10.2. The van der Waals surface area contributed by atoms with Crippen molar-refractivity contribution in [2.75, 3.05) is 7.11 Å². The highest BCUT2D eigenvalue weighted by molar-refractivity contribution is 6.30. The van der Waals surface area contributed by atoms with Crippen molar-refractivity contribution in [1.82, 2.24) is 4.57 Å². The van der Waals surface area contributed by atoms with Crippen LogP contribution in [0.4, 0.5) is 13.2 Å². The Morgan fingerprint density at radius 3 is 2.67 bits per heavy atom. The zero-order valence-corrected chi connectivity index (χ0v) is 11.7. The smallest absolute Gasteiger partial charge is 0.454 e. The van der Waals surface area contributed by atoms with Crippen molar-refractivity contribution < 1.29 is 22.7 Å². The minimum atomic E-state index is -4.88. The van der Waals surface area contributed by atoms with Gasteiger partial charge in [-0.05, 0) is 24.3 Å². The lowest BCUT2D eigenvalue weighted by Crippen LogP contribution is -2.22. The number of ether oxygens (including phenoxy) is 1. The molecular formula is C14H11ClF3NO2. The number of carbonyl (C=O) groups is 1. The van der Waals surface area contributed by atoms with E-state index >= 15 is 0 Å². The molecule has 0 fully saturated rings. The number of methoxy groups -OCH3 is 1. The fourth-order valence-corrected chi connectivity index (χ4v) is 2.10. The number of carbonyl (C=O) groups excluding carboxylic acids is 1. The summed E-state index contributed by atoms with van der Waals surface area (Å²) in [5, 5.41) is 0.490. The van der Waals surface area contributed by atoms with Gasteiger partial charge in [0, 0.05) is 28.5 Å². The molecule has 2 rings (SSSR count). The fraction of sp³-hybridized carbons (Fsp3) is 0.214. The number of ketones is 1. The lowest BCUT2D eigenvalue weighted by Gasteiger charge is -2.09. The fourth-order valence-electron chi connectivity index (χ4n) is 1.90. The van der Waals surface area contributed by atoms with Crippen molar-refractivity contribution in [2.24, 2.45) is 0 Å². The zero-order chi connectivity index (χ0) is 15.6. The zero-order valence-electron chi connectivity index (χ0n) is 10.9.